The predicted molar refractivity (Wildman–Crippen MR) is 142 cm³/mol. The van der Waals surface area contributed by atoms with Crippen LogP contribution in [0.2, 0.25) is 0 Å². The smallest absolute Gasteiger partial charge is 0.304 e. The monoisotopic (exact) mass is 478 g/mol. The second kappa shape index (κ2) is 18.4. The molecule has 1 aromatic carbocycles. The minimum absolute atomic E-state index is 0. The Morgan fingerprint density at radius 1 is 0.688 bits per heavy atom. The average Bonchev–Trinajstić information content (AvgIpc) is 3.13. The molecule has 0 heterocycles. The van der Waals surface area contributed by atoms with E-state index in [0.29, 0.717) is 17.8 Å². The number of hydrogen-bond donors (Lipinski definition) is 0. The second-order valence-corrected chi connectivity index (χ2v) is 10.3. The van der Waals surface area contributed by atoms with Crippen LogP contribution in [0.25, 0.3) is 0 Å². The fraction of sp³-hybridized carbons (Fsp3) is 0.833. The van der Waals surface area contributed by atoms with Crippen LogP contribution < -0.4 is 0 Å². The van der Waals surface area contributed by atoms with Gasteiger partial charge in [0.1, 0.15) is 0 Å². The van der Waals surface area contributed by atoms with Crippen molar-refractivity contribution in [1.82, 2.24) is 4.90 Å². The van der Waals surface area contributed by atoms with Gasteiger partial charge in [-0.15, -0.1) is 5.56 Å². The third-order valence-corrected chi connectivity index (χ3v) is 7.35. The minimum Gasteiger partial charge on any atom is -0.304 e. The van der Waals surface area contributed by atoms with Crippen molar-refractivity contribution in [2.45, 2.75) is 144 Å². The molecule has 0 amide bonds. The minimum atomic E-state index is 0. The van der Waals surface area contributed by atoms with Crippen LogP contribution in [0.4, 0.5) is 0 Å². The van der Waals surface area contributed by atoms with Gasteiger partial charge in [-0.05, 0) is 57.2 Å². The molecule has 0 aromatic heterocycles. The van der Waals surface area contributed by atoms with E-state index in [4.69, 9.17) is 0 Å². The molecule has 1 aromatic rings. The summed E-state index contributed by atoms with van der Waals surface area (Å²) in [6.07, 6.45) is 14.3. The zero-order valence-electron chi connectivity index (χ0n) is 23.2. The van der Waals surface area contributed by atoms with E-state index in [-0.39, 0.29) is 21.7 Å². The van der Waals surface area contributed by atoms with Crippen molar-refractivity contribution in [1.29, 1.82) is 0 Å². The Hall–Kier alpha value is 0.0243. The topological polar surface area (TPSA) is 3.24 Å². The summed E-state index contributed by atoms with van der Waals surface area (Å²) in [5, 5.41) is 0. The molecular weight excluding hydrogens is 422 g/mol. The third kappa shape index (κ3) is 10.1. The first-order valence-corrected chi connectivity index (χ1v) is 14.0. The van der Waals surface area contributed by atoms with Gasteiger partial charge < -0.3 is 4.90 Å². The zero-order chi connectivity index (χ0) is 23.2. The maximum atomic E-state index is 2.76. The molecule has 32 heavy (non-hydrogen) atoms. The molecule has 0 aliphatic carbocycles. The Bertz CT molecular complexity index is 568. The molecule has 1 radical (unpaired) electrons. The Morgan fingerprint density at radius 2 is 1.19 bits per heavy atom. The number of nitrogens with zero attached hydrogens (tertiary/aromatic N) is 1. The van der Waals surface area contributed by atoms with Crippen LogP contribution in [-0.4, -0.2) is 24.5 Å². The van der Waals surface area contributed by atoms with Gasteiger partial charge in [0, 0.05) is 0 Å². The molecule has 0 bridgehead atoms. The molecule has 0 fully saturated rings. The molecule has 3 unspecified atom stereocenters. The molecule has 0 aliphatic heterocycles. The Balaban J connectivity index is 0.00000961. The summed E-state index contributed by atoms with van der Waals surface area (Å²) in [6.45, 7) is 22.9. The van der Waals surface area contributed by atoms with Crippen LogP contribution in [0.1, 0.15) is 160 Å². The van der Waals surface area contributed by atoms with E-state index < -0.39 is 0 Å². The van der Waals surface area contributed by atoms with Crippen molar-refractivity contribution in [2.24, 2.45) is 0 Å². The molecule has 0 saturated heterocycles. The molecule has 1 nitrogen and oxygen atoms in total. The van der Waals surface area contributed by atoms with Gasteiger partial charge in [0.25, 0.3) is 0 Å². The third-order valence-electron chi connectivity index (χ3n) is 7.35. The largest absolute Gasteiger partial charge is 3.00 e. The Labute approximate surface area is 217 Å². The van der Waals surface area contributed by atoms with Gasteiger partial charge >= 0.3 is 21.7 Å². The molecule has 183 valence electrons. The molecule has 1 rings (SSSR count). The molecule has 0 aliphatic rings. The van der Waals surface area contributed by atoms with Gasteiger partial charge in [-0.2, -0.15) is 16.7 Å². The summed E-state index contributed by atoms with van der Waals surface area (Å²) in [4.78, 5) is 2.76. The summed E-state index contributed by atoms with van der Waals surface area (Å²) in [5.41, 5.74) is 6.90. The maximum absolute atomic E-state index is 2.76. The van der Waals surface area contributed by atoms with E-state index in [1.807, 2.05) is 0 Å². The first-order chi connectivity index (χ1) is 14.9. The van der Waals surface area contributed by atoms with E-state index in [1.54, 1.807) is 22.3 Å². The van der Waals surface area contributed by atoms with Gasteiger partial charge in [-0.25, -0.2) is 6.07 Å². The summed E-state index contributed by atoms with van der Waals surface area (Å²) >= 11 is 0. The van der Waals surface area contributed by atoms with Gasteiger partial charge in [0.15, 0.2) is 0 Å². The van der Waals surface area contributed by atoms with Gasteiger partial charge in [-0.3, -0.25) is 0 Å². The van der Waals surface area contributed by atoms with Crippen LogP contribution in [-0.2, 0) is 28.1 Å². The van der Waals surface area contributed by atoms with Crippen molar-refractivity contribution in [3.8, 4) is 0 Å². The van der Waals surface area contributed by atoms with Crippen LogP contribution in [0, 0.1) is 0 Å². The molecule has 3 atom stereocenters. The normalized spacial score (nSPS) is 14.4. The number of rotatable bonds is 18. The van der Waals surface area contributed by atoms with Crippen LogP contribution in [0.5, 0.6) is 0 Å². The summed E-state index contributed by atoms with van der Waals surface area (Å²) in [5.74, 6) is 2.07. The summed E-state index contributed by atoms with van der Waals surface area (Å²) < 4.78 is 0. The molecule has 0 saturated carbocycles. The van der Waals surface area contributed by atoms with Gasteiger partial charge in [0.05, 0.1) is 0 Å². The zero-order valence-corrected chi connectivity index (χ0v) is 24.7. The summed E-state index contributed by atoms with van der Waals surface area (Å²) in [7, 11) is 0. The first-order valence-electron chi connectivity index (χ1n) is 14.0. The van der Waals surface area contributed by atoms with Crippen molar-refractivity contribution in [3.63, 3.8) is 0 Å². The standard InChI is InChI=1S/C30H56N.Ti/c1-9-14-20-31(21-15-10-2)22-19-27-28(24(6)16-11-3)23-29(25(7)17-12-4)30(27)26(8)18-13-5;/h23-26H,9-22H2,1-8H3;/q-1;+3. The van der Waals surface area contributed by atoms with Crippen molar-refractivity contribution in [2.75, 3.05) is 19.6 Å². The van der Waals surface area contributed by atoms with Gasteiger partial charge in [0.2, 0.25) is 0 Å². The predicted octanol–water partition coefficient (Wildman–Crippen LogP) is 9.56. The molecular formula is C30H56NTi+2. The molecule has 0 N–H and O–H groups in total. The number of hydrogen-bond acceptors (Lipinski definition) is 1. The fourth-order valence-electron chi connectivity index (χ4n) is 5.49. The van der Waals surface area contributed by atoms with E-state index in [9.17, 15) is 0 Å². The molecule has 0 spiro atoms. The molecule has 2 heteroatoms. The Morgan fingerprint density at radius 3 is 1.69 bits per heavy atom. The summed E-state index contributed by atoms with van der Waals surface area (Å²) in [6, 6.07) is 2.67. The maximum Gasteiger partial charge on any atom is 3.00 e. The first kappa shape index (κ1) is 32.0. The van der Waals surface area contributed by atoms with Crippen LogP contribution in [0.15, 0.2) is 6.07 Å². The number of unbranched alkanes of at least 4 members (excludes halogenated alkanes) is 2. The van der Waals surface area contributed by atoms with E-state index in [1.165, 1.54) is 90.3 Å². The van der Waals surface area contributed by atoms with E-state index >= 15 is 0 Å². The van der Waals surface area contributed by atoms with Crippen LogP contribution in [0.3, 0.4) is 0 Å². The Kier molecular flexibility index (Phi) is 18.4. The van der Waals surface area contributed by atoms with Crippen LogP contribution >= 0.6 is 0 Å². The SMILES string of the molecule is CCCCN(CCCC)CC[c-]1c(C(C)CCC)cc(C(C)CCC)c1C(C)CCC.[Ti+3]. The fourth-order valence-corrected chi connectivity index (χ4v) is 5.49. The van der Waals surface area contributed by atoms with Gasteiger partial charge in [-0.1, -0.05) is 106 Å². The van der Waals surface area contributed by atoms with Crippen molar-refractivity contribution < 1.29 is 21.7 Å². The van der Waals surface area contributed by atoms with E-state index in [2.05, 4.69) is 66.4 Å². The quantitative estimate of drug-likeness (QED) is 0.150. The van der Waals surface area contributed by atoms with Crippen molar-refractivity contribution >= 4 is 0 Å². The second-order valence-electron chi connectivity index (χ2n) is 10.3. The van der Waals surface area contributed by atoms with Crippen molar-refractivity contribution in [3.05, 3.63) is 28.3 Å². The van der Waals surface area contributed by atoms with E-state index in [0.717, 1.165) is 0 Å². The average molecular weight is 479 g/mol.